The number of amides is 3. The van der Waals surface area contributed by atoms with Gasteiger partial charge in [0.1, 0.15) is 11.5 Å². The maximum absolute atomic E-state index is 13.6. The molecule has 0 bridgehead atoms. The Morgan fingerprint density at radius 3 is 2.28 bits per heavy atom. The molecule has 2 aliphatic rings. The molecular formula is C34H38N4O5. The van der Waals surface area contributed by atoms with Gasteiger partial charge in [-0.2, -0.15) is 0 Å². The van der Waals surface area contributed by atoms with Crippen molar-refractivity contribution in [3.63, 3.8) is 0 Å². The van der Waals surface area contributed by atoms with Crippen molar-refractivity contribution in [1.29, 1.82) is 0 Å². The standard InChI is InChI=1S/C34H38N4O5/c1-4-37-29(23-36-19-20-38(24(3)22-36)32(39)25-13-8-6-9-14-25)30(33(40)42-5-2)31(35-34(37)41)26-15-12-18-28(21-26)43-27-16-10-7-11-17-27/h6-18,21,24,31H,4-5,19-20,22-23H2,1-3H3,(H,35,41). The van der Waals surface area contributed by atoms with E-state index in [0.29, 0.717) is 66.6 Å². The number of likely N-dealkylation sites (N-methyl/N-ethyl adjacent to an activating group) is 1. The van der Waals surface area contributed by atoms with Crippen LogP contribution in [0.15, 0.2) is 96.2 Å². The monoisotopic (exact) mass is 582 g/mol. The number of ether oxygens (including phenoxy) is 2. The van der Waals surface area contributed by atoms with Crippen LogP contribution in [0.1, 0.15) is 42.7 Å². The number of carbonyl (C=O) groups is 3. The molecule has 2 aliphatic heterocycles. The molecule has 1 N–H and O–H groups in total. The Hall–Kier alpha value is -4.63. The van der Waals surface area contributed by atoms with Gasteiger partial charge in [-0.05, 0) is 62.7 Å². The number of para-hydroxylation sites is 1. The molecule has 224 valence electrons. The van der Waals surface area contributed by atoms with Crippen LogP contribution in [-0.4, -0.2) is 78.0 Å². The number of hydrogen-bond donors (Lipinski definition) is 1. The van der Waals surface area contributed by atoms with E-state index in [9.17, 15) is 14.4 Å². The van der Waals surface area contributed by atoms with E-state index in [1.807, 2.05) is 104 Å². The molecule has 0 aromatic heterocycles. The fourth-order valence-corrected chi connectivity index (χ4v) is 5.73. The zero-order chi connectivity index (χ0) is 30.3. The van der Waals surface area contributed by atoms with Crippen molar-refractivity contribution in [3.05, 3.63) is 107 Å². The van der Waals surface area contributed by atoms with Crippen molar-refractivity contribution in [3.8, 4) is 11.5 Å². The minimum Gasteiger partial charge on any atom is -0.463 e. The zero-order valence-electron chi connectivity index (χ0n) is 24.9. The lowest BCUT2D eigenvalue weighted by Gasteiger charge is -2.43. The van der Waals surface area contributed by atoms with Crippen LogP contribution < -0.4 is 10.1 Å². The third-order valence-corrected chi connectivity index (χ3v) is 7.79. The molecule has 0 aliphatic carbocycles. The van der Waals surface area contributed by atoms with Gasteiger partial charge in [0.15, 0.2) is 0 Å². The lowest BCUT2D eigenvalue weighted by molar-refractivity contribution is -0.139. The minimum atomic E-state index is -0.720. The fraction of sp³-hybridized carbons (Fsp3) is 0.324. The van der Waals surface area contributed by atoms with Crippen LogP contribution in [0.5, 0.6) is 11.5 Å². The molecule has 9 nitrogen and oxygen atoms in total. The van der Waals surface area contributed by atoms with E-state index in [4.69, 9.17) is 9.47 Å². The quantitative estimate of drug-likeness (QED) is 0.348. The molecule has 3 amide bonds. The molecule has 2 atom stereocenters. The van der Waals surface area contributed by atoms with E-state index in [-0.39, 0.29) is 24.6 Å². The molecule has 3 aromatic rings. The van der Waals surface area contributed by atoms with E-state index in [0.717, 1.165) is 0 Å². The number of carbonyl (C=O) groups excluding carboxylic acids is 3. The summed E-state index contributed by atoms with van der Waals surface area (Å²) in [5.41, 5.74) is 2.39. The van der Waals surface area contributed by atoms with Crippen LogP contribution in [0.4, 0.5) is 4.79 Å². The van der Waals surface area contributed by atoms with Gasteiger partial charge in [0.2, 0.25) is 0 Å². The number of benzene rings is 3. The Bertz CT molecular complexity index is 1480. The van der Waals surface area contributed by atoms with E-state index in [2.05, 4.69) is 10.2 Å². The van der Waals surface area contributed by atoms with E-state index >= 15 is 0 Å². The van der Waals surface area contributed by atoms with Gasteiger partial charge in [0.25, 0.3) is 5.91 Å². The normalized spacial score (nSPS) is 19.2. The highest BCUT2D eigenvalue weighted by molar-refractivity contribution is 5.95. The highest BCUT2D eigenvalue weighted by atomic mass is 16.5. The molecular weight excluding hydrogens is 544 g/mol. The second-order valence-electron chi connectivity index (χ2n) is 10.6. The van der Waals surface area contributed by atoms with Gasteiger partial charge in [0, 0.05) is 50.0 Å². The van der Waals surface area contributed by atoms with Crippen molar-refractivity contribution in [2.24, 2.45) is 0 Å². The lowest BCUT2D eigenvalue weighted by Crippen LogP contribution is -2.56. The van der Waals surface area contributed by atoms with Crippen molar-refractivity contribution in [2.45, 2.75) is 32.9 Å². The Balaban J connectivity index is 1.44. The molecule has 1 saturated heterocycles. The smallest absolute Gasteiger partial charge is 0.338 e. The maximum atomic E-state index is 13.6. The first-order valence-corrected chi connectivity index (χ1v) is 14.8. The first-order chi connectivity index (χ1) is 20.9. The van der Waals surface area contributed by atoms with E-state index < -0.39 is 12.0 Å². The van der Waals surface area contributed by atoms with Crippen molar-refractivity contribution < 1.29 is 23.9 Å². The number of nitrogens with one attached hydrogen (secondary N) is 1. The summed E-state index contributed by atoms with van der Waals surface area (Å²) in [5.74, 6) is 0.810. The van der Waals surface area contributed by atoms with Crippen LogP contribution in [0.2, 0.25) is 0 Å². The molecule has 3 aromatic carbocycles. The van der Waals surface area contributed by atoms with Crippen LogP contribution in [0, 0.1) is 0 Å². The third kappa shape index (κ3) is 6.73. The van der Waals surface area contributed by atoms with Crippen molar-refractivity contribution >= 4 is 17.9 Å². The Morgan fingerprint density at radius 2 is 1.60 bits per heavy atom. The van der Waals surface area contributed by atoms with Gasteiger partial charge in [0.05, 0.1) is 18.2 Å². The number of hydrogen-bond acceptors (Lipinski definition) is 6. The van der Waals surface area contributed by atoms with E-state index in [1.54, 1.807) is 11.8 Å². The molecule has 1 fully saturated rings. The lowest BCUT2D eigenvalue weighted by atomic mass is 9.93. The molecule has 5 rings (SSSR count). The van der Waals surface area contributed by atoms with Crippen LogP contribution >= 0.6 is 0 Å². The van der Waals surface area contributed by atoms with Crippen LogP contribution in [0.3, 0.4) is 0 Å². The maximum Gasteiger partial charge on any atom is 0.338 e. The Kier molecular flexibility index (Phi) is 9.41. The second-order valence-corrected chi connectivity index (χ2v) is 10.6. The average molecular weight is 583 g/mol. The predicted molar refractivity (Wildman–Crippen MR) is 164 cm³/mol. The molecule has 0 radical (unpaired) electrons. The molecule has 0 saturated carbocycles. The topological polar surface area (TPSA) is 91.4 Å². The average Bonchev–Trinajstić information content (AvgIpc) is 3.02. The van der Waals surface area contributed by atoms with E-state index in [1.165, 1.54) is 0 Å². The van der Waals surface area contributed by atoms with Gasteiger partial charge < -0.3 is 19.7 Å². The fourth-order valence-electron chi connectivity index (χ4n) is 5.73. The van der Waals surface area contributed by atoms with Gasteiger partial charge in [-0.15, -0.1) is 0 Å². The number of urea groups is 1. The summed E-state index contributed by atoms with van der Waals surface area (Å²) in [5, 5.41) is 3.03. The summed E-state index contributed by atoms with van der Waals surface area (Å²) < 4.78 is 11.6. The summed E-state index contributed by atoms with van der Waals surface area (Å²) in [7, 11) is 0. The first kappa shape index (κ1) is 29.8. The molecule has 2 heterocycles. The minimum absolute atomic E-state index is 0.00377. The summed E-state index contributed by atoms with van der Waals surface area (Å²) >= 11 is 0. The molecule has 9 heteroatoms. The van der Waals surface area contributed by atoms with Crippen LogP contribution in [0.25, 0.3) is 0 Å². The molecule has 43 heavy (non-hydrogen) atoms. The van der Waals surface area contributed by atoms with Crippen LogP contribution in [-0.2, 0) is 9.53 Å². The summed E-state index contributed by atoms with van der Waals surface area (Å²) in [4.78, 5) is 45.9. The third-order valence-electron chi connectivity index (χ3n) is 7.79. The summed E-state index contributed by atoms with van der Waals surface area (Å²) in [6.07, 6.45) is 0. The van der Waals surface area contributed by atoms with Gasteiger partial charge in [-0.3, -0.25) is 14.6 Å². The van der Waals surface area contributed by atoms with Gasteiger partial charge in [-0.1, -0.05) is 48.5 Å². The highest BCUT2D eigenvalue weighted by Gasteiger charge is 2.39. The van der Waals surface area contributed by atoms with Gasteiger partial charge in [-0.25, -0.2) is 9.59 Å². The first-order valence-electron chi connectivity index (χ1n) is 14.8. The largest absolute Gasteiger partial charge is 0.463 e. The number of piperazine rings is 1. The number of esters is 1. The number of nitrogens with zero attached hydrogens (tertiary/aromatic N) is 3. The highest BCUT2D eigenvalue weighted by Crippen LogP contribution is 2.34. The van der Waals surface area contributed by atoms with Crippen molar-refractivity contribution in [2.75, 3.05) is 39.3 Å². The predicted octanol–water partition coefficient (Wildman–Crippen LogP) is 5.23. The zero-order valence-corrected chi connectivity index (χ0v) is 24.9. The molecule has 0 spiro atoms. The summed E-state index contributed by atoms with van der Waals surface area (Å²) in [6.45, 7) is 8.38. The number of rotatable bonds is 9. The van der Waals surface area contributed by atoms with Crippen molar-refractivity contribution in [1.82, 2.24) is 20.0 Å². The summed E-state index contributed by atoms with van der Waals surface area (Å²) in [6, 6.07) is 25.1. The second kappa shape index (κ2) is 13.6. The molecule has 2 unspecified atom stereocenters. The Morgan fingerprint density at radius 1 is 0.907 bits per heavy atom. The van der Waals surface area contributed by atoms with Gasteiger partial charge >= 0.3 is 12.0 Å². The Labute approximate surface area is 252 Å². The SMILES string of the molecule is CCOC(=O)C1=C(CN2CCN(C(=O)c3ccccc3)C(C)C2)N(CC)C(=O)NC1c1cccc(Oc2ccccc2)c1.